The first-order valence-electron chi connectivity index (χ1n) is 9.49. The molecule has 1 fully saturated rings. The predicted molar refractivity (Wildman–Crippen MR) is 111 cm³/mol. The molecule has 0 radical (unpaired) electrons. The summed E-state index contributed by atoms with van der Waals surface area (Å²) in [4.78, 5) is 38.2. The van der Waals surface area contributed by atoms with Crippen LogP contribution in [0.1, 0.15) is 28.5 Å². The van der Waals surface area contributed by atoms with Gasteiger partial charge in [0.05, 0.1) is 34.9 Å². The Kier molecular flexibility index (Phi) is 5.12. The molecule has 1 aromatic heterocycles. The molecule has 156 valence electrons. The number of carbonyl (C=O) groups excluding carboxylic acids is 2. The third kappa shape index (κ3) is 3.59. The molecule has 31 heavy (non-hydrogen) atoms. The van der Waals surface area contributed by atoms with Crippen LogP contribution in [-0.4, -0.2) is 26.6 Å². The smallest absolute Gasteiger partial charge is 0.296 e. The van der Waals surface area contributed by atoms with Gasteiger partial charge in [-0.2, -0.15) is 0 Å². The number of hydrogen-bond donors (Lipinski definition) is 1. The highest BCUT2D eigenvalue weighted by molar-refractivity contribution is 6.46. The van der Waals surface area contributed by atoms with E-state index >= 15 is 0 Å². The van der Waals surface area contributed by atoms with E-state index in [0.29, 0.717) is 11.3 Å². The lowest BCUT2D eigenvalue weighted by Gasteiger charge is -2.24. The molecule has 8 nitrogen and oxygen atoms in total. The largest absolute Gasteiger partial charge is 0.507 e. The van der Waals surface area contributed by atoms with Crippen LogP contribution in [-0.2, 0) is 16.1 Å². The number of para-hydroxylation sites is 1. The second-order valence-electron chi connectivity index (χ2n) is 7.19. The summed E-state index contributed by atoms with van der Waals surface area (Å²) in [5.74, 6) is -1.76. The summed E-state index contributed by atoms with van der Waals surface area (Å²) in [5, 5.41) is 22.7. The number of aryl methyl sites for hydroxylation is 1. The number of rotatable bonds is 5. The van der Waals surface area contributed by atoms with E-state index in [0.717, 1.165) is 5.56 Å². The van der Waals surface area contributed by atoms with Crippen LogP contribution >= 0.6 is 0 Å². The van der Waals surface area contributed by atoms with Crippen molar-refractivity contribution < 1.29 is 24.0 Å². The Morgan fingerprint density at radius 2 is 1.81 bits per heavy atom. The van der Waals surface area contributed by atoms with Crippen molar-refractivity contribution >= 4 is 23.1 Å². The molecule has 2 aromatic carbocycles. The van der Waals surface area contributed by atoms with Gasteiger partial charge < -0.3 is 14.4 Å². The maximum absolute atomic E-state index is 13.0. The summed E-state index contributed by atoms with van der Waals surface area (Å²) < 4.78 is 5.32. The van der Waals surface area contributed by atoms with Crippen molar-refractivity contribution in [2.45, 2.75) is 19.5 Å². The van der Waals surface area contributed by atoms with Crippen molar-refractivity contribution in [3.8, 4) is 0 Å². The monoisotopic (exact) mass is 418 g/mol. The Balaban J connectivity index is 1.93. The van der Waals surface area contributed by atoms with Crippen molar-refractivity contribution in [1.29, 1.82) is 0 Å². The molecule has 3 aromatic rings. The van der Waals surface area contributed by atoms with E-state index in [9.17, 15) is 24.8 Å². The van der Waals surface area contributed by atoms with Gasteiger partial charge in [0.25, 0.3) is 17.4 Å². The highest BCUT2D eigenvalue weighted by atomic mass is 16.6. The number of benzene rings is 2. The Labute approximate surface area is 177 Å². The molecular formula is C23H18N2O6. The Bertz CT molecular complexity index is 1200. The molecule has 0 bridgehead atoms. The molecule has 0 aliphatic carbocycles. The molecule has 1 amide bonds. The second-order valence-corrected chi connectivity index (χ2v) is 7.19. The van der Waals surface area contributed by atoms with Gasteiger partial charge in [0.1, 0.15) is 11.5 Å². The number of Topliss-reactive ketones (excluding diaryl/α,β-unsaturated/α-hetero) is 1. The van der Waals surface area contributed by atoms with Crippen molar-refractivity contribution in [3.63, 3.8) is 0 Å². The van der Waals surface area contributed by atoms with Gasteiger partial charge in [-0.1, -0.05) is 42.0 Å². The summed E-state index contributed by atoms with van der Waals surface area (Å²) in [7, 11) is 0. The summed E-state index contributed by atoms with van der Waals surface area (Å²) >= 11 is 0. The maximum Gasteiger partial charge on any atom is 0.296 e. The maximum atomic E-state index is 13.0. The number of hydrogen-bond acceptors (Lipinski definition) is 6. The fraction of sp³-hybridized carbons (Fsp3) is 0.130. The normalized spacial score (nSPS) is 17.8. The number of amides is 1. The number of likely N-dealkylation sites (tertiary alicyclic amines) is 1. The van der Waals surface area contributed by atoms with Crippen LogP contribution in [0.3, 0.4) is 0 Å². The lowest BCUT2D eigenvalue weighted by molar-refractivity contribution is -0.385. The zero-order valence-corrected chi connectivity index (χ0v) is 16.5. The third-order valence-corrected chi connectivity index (χ3v) is 5.20. The van der Waals surface area contributed by atoms with Crippen LogP contribution in [0.4, 0.5) is 5.69 Å². The van der Waals surface area contributed by atoms with E-state index in [4.69, 9.17) is 4.42 Å². The number of carbonyl (C=O) groups is 2. The molecule has 1 unspecified atom stereocenters. The fourth-order valence-corrected chi connectivity index (χ4v) is 3.69. The second kappa shape index (κ2) is 7.91. The van der Waals surface area contributed by atoms with E-state index in [1.807, 2.05) is 6.92 Å². The quantitative estimate of drug-likeness (QED) is 0.219. The topological polar surface area (TPSA) is 114 Å². The summed E-state index contributed by atoms with van der Waals surface area (Å²) in [6.45, 7) is 1.79. The van der Waals surface area contributed by atoms with E-state index in [1.165, 1.54) is 29.4 Å². The van der Waals surface area contributed by atoms with E-state index < -0.39 is 22.7 Å². The summed E-state index contributed by atoms with van der Waals surface area (Å²) in [5.41, 5.74) is 0.963. The van der Waals surface area contributed by atoms with Gasteiger partial charge in [-0.3, -0.25) is 19.7 Å². The highest BCUT2D eigenvalue weighted by Gasteiger charge is 2.48. The first kappa shape index (κ1) is 20.1. The van der Waals surface area contributed by atoms with Crippen molar-refractivity contribution in [1.82, 2.24) is 4.90 Å². The average Bonchev–Trinajstić information content (AvgIpc) is 3.36. The van der Waals surface area contributed by atoms with E-state index in [2.05, 4.69) is 0 Å². The lowest BCUT2D eigenvalue weighted by Crippen LogP contribution is -2.29. The molecular weight excluding hydrogens is 400 g/mol. The standard InChI is InChI=1S/C23H18N2O6/c1-14-8-10-15(11-9-14)21(26)19-20(17-6-2-3-7-18(17)25(29)30)24(23(28)22(19)27)13-16-5-4-12-31-16/h2-12,20,26H,13H2,1H3/b21-19-. The number of aliphatic hydroxyl groups is 1. The van der Waals surface area contributed by atoms with Crippen LogP contribution in [0.15, 0.2) is 76.9 Å². The Hall–Kier alpha value is -4.20. The Morgan fingerprint density at radius 1 is 1.10 bits per heavy atom. The minimum Gasteiger partial charge on any atom is -0.507 e. The SMILES string of the molecule is Cc1ccc(/C(O)=C2/C(=O)C(=O)N(Cc3ccco3)C2c2ccccc2[N+](=O)[O-])cc1. The van der Waals surface area contributed by atoms with Crippen LogP contribution in [0, 0.1) is 17.0 Å². The number of nitro benzene ring substituents is 1. The molecule has 8 heteroatoms. The predicted octanol–water partition coefficient (Wildman–Crippen LogP) is 4.12. The molecule has 4 rings (SSSR count). The number of furan rings is 1. The zero-order chi connectivity index (χ0) is 22.1. The van der Waals surface area contributed by atoms with Gasteiger partial charge in [0.15, 0.2) is 0 Å². The van der Waals surface area contributed by atoms with E-state index in [-0.39, 0.29) is 29.1 Å². The molecule has 0 spiro atoms. The molecule has 1 saturated heterocycles. The molecule has 1 atom stereocenters. The van der Waals surface area contributed by atoms with E-state index in [1.54, 1.807) is 42.5 Å². The number of nitrogens with zero attached hydrogens (tertiary/aromatic N) is 2. The molecule has 1 aliphatic heterocycles. The molecule has 2 heterocycles. The fourth-order valence-electron chi connectivity index (χ4n) is 3.69. The van der Waals surface area contributed by atoms with Gasteiger partial charge in [-0.25, -0.2) is 0 Å². The van der Waals surface area contributed by atoms with Crippen molar-refractivity contribution in [3.05, 3.63) is 105 Å². The Morgan fingerprint density at radius 3 is 2.45 bits per heavy atom. The number of aliphatic hydroxyl groups excluding tert-OH is 1. The van der Waals surface area contributed by atoms with Gasteiger partial charge in [-0.05, 0) is 25.1 Å². The number of nitro groups is 1. The van der Waals surface area contributed by atoms with Crippen LogP contribution in [0.25, 0.3) is 5.76 Å². The summed E-state index contributed by atoms with van der Waals surface area (Å²) in [6, 6.07) is 14.8. The summed E-state index contributed by atoms with van der Waals surface area (Å²) in [6.07, 6.45) is 1.43. The number of ketones is 1. The van der Waals surface area contributed by atoms with Gasteiger partial charge in [-0.15, -0.1) is 0 Å². The molecule has 1 aliphatic rings. The van der Waals surface area contributed by atoms with Gasteiger partial charge in [0, 0.05) is 11.6 Å². The van der Waals surface area contributed by atoms with Gasteiger partial charge in [0.2, 0.25) is 0 Å². The zero-order valence-electron chi connectivity index (χ0n) is 16.5. The van der Waals surface area contributed by atoms with Crippen molar-refractivity contribution in [2.75, 3.05) is 0 Å². The highest BCUT2D eigenvalue weighted by Crippen LogP contribution is 2.43. The molecule has 0 saturated carbocycles. The molecule has 1 N–H and O–H groups in total. The average molecular weight is 418 g/mol. The lowest BCUT2D eigenvalue weighted by atomic mass is 9.94. The van der Waals surface area contributed by atoms with Crippen LogP contribution in [0.2, 0.25) is 0 Å². The van der Waals surface area contributed by atoms with Crippen molar-refractivity contribution in [2.24, 2.45) is 0 Å². The van der Waals surface area contributed by atoms with Crippen LogP contribution in [0.5, 0.6) is 0 Å². The minimum absolute atomic E-state index is 0.0844. The first-order valence-corrected chi connectivity index (χ1v) is 9.49. The first-order chi connectivity index (χ1) is 14.9. The van der Waals surface area contributed by atoms with Gasteiger partial charge >= 0.3 is 0 Å². The third-order valence-electron chi connectivity index (χ3n) is 5.20. The minimum atomic E-state index is -1.15. The van der Waals surface area contributed by atoms with Crippen LogP contribution < -0.4 is 0 Å².